The fourth-order valence-corrected chi connectivity index (χ4v) is 4.28. The summed E-state index contributed by atoms with van der Waals surface area (Å²) in [5, 5.41) is 3.45. The van der Waals surface area contributed by atoms with Crippen molar-refractivity contribution in [3.05, 3.63) is 47.5 Å². The van der Waals surface area contributed by atoms with Crippen LogP contribution in [0.5, 0.6) is 5.75 Å². The number of hydrogen-bond acceptors (Lipinski definition) is 7. The molecular weight excluding hydrogens is 489 g/mol. The van der Waals surface area contributed by atoms with Gasteiger partial charge in [-0.3, -0.25) is 4.90 Å². The van der Waals surface area contributed by atoms with Gasteiger partial charge < -0.3 is 19.9 Å². The second-order valence-electron chi connectivity index (χ2n) is 9.25. The van der Waals surface area contributed by atoms with Gasteiger partial charge >= 0.3 is 18.1 Å². The lowest BCUT2D eigenvalue weighted by Crippen LogP contribution is -2.33. The molecule has 1 aliphatic heterocycles. The molecule has 37 heavy (non-hydrogen) atoms. The van der Waals surface area contributed by atoms with Crippen LogP contribution < -0.4 is 15.4 Å². The van der Waals surface area contributed by atoms with Crippen LogP contribution in [0.4, 0.5) is 29.5 Å². The zero-order valence-corrected chi connectivity index (χ0v) is 20.9. The summed E-state index contributed by atoms with van der Waals surface area (Å²) >= 11 is 0. The summed E-state index contributed by atoms with van der Waals surface area (Å²) < 4.78 is 48.6. The highest BCUT2D eigenvalue weighted by Gasteiger charge is 2.38. The third-order valence-electron chi connectivity index (χ3n) is 6.31. The lowest BCUT2D eigenvalue weighted by atomic mass is 10.0. The maximum absolute atomic E-state index is 12.8. The quantitative estimate of drug-likeness (QED) is 0.420. The Hall–Kier alpha value is -3.83. The minimum Gasteiger partial charge on any atom is -0.493 e. The summed E-state index contributed by atoms with van der Waals surface area (Å²) in [5.74, 6) is -0.127. The van der Waals surface area contributed by atoms with Crippen LogP contribution in [0.15, 0.2) is 35.0 Å². The topological polar surface area (TPSA) is 111 Å². The number of rotatable bonds is 9. The molecule has 0 saturated carbocycles. The number of nitrogens with zero attached hydrogens (tertiary/aromatic N) is 5. The van der Waals surface area contributed by atoms with Crippen molar-refractivity contribution in [1.29, 1.82) is 0 Å². The molecule has 1 fully saturated rings. The summed E-state index contributed by atoms with van der Waals surface area (Å²) in [4.78, 5) is 23.7. The minimum absolute atomic E-state index is 0.0376. The third-order valence-corrected chi connectivity index (χ3v) is 6.31. The lowest BCUT2D eigenvalue weighted by Gasteiger charge is -2.21. The maximum Gasteiger partial charge on any atom is 0.471 e. The monoisotopic (exact) mass is 518 g/mol. The molecular formula is C25H29F3N6O3. The van der Waals surface area contributed by atoms with E-state index in [0.717, 1.165) is 29.7 Å². The van der Waals surface area contributed by atoms with Gasteiger partial charge in [-0.1, -0.05) is 12.1 Å². The van der Waals surface area contributed by atoms with Crippen LogP contribution in [0.2, 0.25) is 0 Å². The predicted molar refractivity (Wildman–Crippen MR) is 131 cm³/mol. The van der Waals surface area contributed by atoms with Crippen LogP contribution in [0.1, 0.15) is 36.8 Å². The van der Waals surface area contributed by atoms with Crippen molar-refractivity contribution in [3.8, 4) is 17.1 Å². The van der Waals surface area contributed by atoms with Crippen LogP contribution in [0.3, 0.4) is 0 Å². The Labute approximate surface area is 212 Å². The highest BCUT2D eigenvalue weighted by Crippen LogP contribution is 2.32. The molecule has 1 aliphatic rings. The normalized spacial score (nSPS) is 14.9. The van der Waals surface area contributed by atoms with Gasteiger partial charge in [0.15, 0.2) is 0 Å². The van der Waals surface area contributed by atoms with E-state index in [1.54, 1.807) is 35.4 Å². The van der Waals surface area contributed by atoms with Crippen molar-refractivity contribution in [2.75, 3.05) is 36.9 Å². The number of nitrogens with two attached hydrogens (primary N) is 1. The first-order chi connectivity index (χ1) is 17.5. The van der Waals surface area contributed by atoms with Crippen LogP contribution in [0.25, 0.3) is 11.4 Å². The van der Waals surface area contributed by atoms with Crippen molar-refractivity contribution in [3.63, 3.8) is 0 Å². The van der Waals surface area contributed by atoms with Crippen LogP contribution >= 0.6 is 0 Å². The van der Waals surface area contributed by atoms with Gasteiger partial charge in [-0.2, -0.15) is 18.2 Å². The van der Waals surface area contributed by atoms with Crippen LogP contribution in [-0.4, -0.2) is 52.3 Å². The Morgan fingerprint density at radius 3 is 2.54 bits per heavy atom. The summed E-state index contributed by atoms with van der Waals surface area (Å²) in [7, 11) is 0. The van der Waals surface area contributed by atoms with E-state index >= 15 is 0 Å². The predicted octanol–water partition coefficient (Wildman–Crippen LogP) is 5.09. The second-order valence-corrected chi connectivity index (χ2v) is 9.25. The number of alkyl halides is 3. The number of hydrogen-bond donors (Lipinski definition) is 1. The van der Waals surface area contributed by atoms with Gasteiger partial charge in [-0.25, -0.2) is 9.78 Å². The molecule has 198 valence electrons. The number of amides is 2. The number of anilines is 2. The number of halogens is 3. The highest BCUT2D eigenvalue weighted by atomic mass is 19.4. The Bertz CT molecular complexity index is 1240. The van der Waals surface area contributed by atoms with Crippen molar-refractivity contribution in [2.45, 2.75) is 39.8 Å². The Morgan fingerprint density at radius 2 is 1.89 bits per heavy atom. The molecule has 9 nitrogen and oxygen atoms in total. The third kappa shape index (κ3) is 6.12. The van der Waals surface area contributed by atoms with Crippen molar-refractivity contribution >= 4 is 17.5 Å². The highest BCUT2D eigenvalue weighted by molar-refractivity contribution is 5.94. The number of aromatic nitrogens is 3. The number of ether oxygens (including phenoxy) is 1. The Kier molecular flexibility index (Phi) is 7.55. The van der Waals surface area contributed by atoms with E-state index in [1.807, 2.05) is 18.7 Å². The summed E-state index contributed by atoms with van der Waals surface area (Å²) in [6.07, 6.45) is -1.48. The number of urea groups is 1. The van der Waals surface area contributed by atoms with E-state index in [0.29, 0.717) is 49.3 Å². The molecule has 3 heterocycles. The van der Waals surface area contributed by atoms with Crippen molar-refractivity contribution in [1.82, 2.24) is 20.0 Å². The Balaban J connectivity index is 1.26. The number of benzene rings is 1. The molecule has 0 radical (unpaired) electrons. The molecule has 2 amide bonds. The van der Waals surface area contributed by atoms with Crippen molar-refractivity contribution in [2.24, 2.45) is 5.92 Å². The molecule has 1 atom stereocenters. The van der Waals surface area contributed by atoms with Gasteiger partial charge in [-0.15, -0.1) is 0 Å². The molecule has 2 N–H and O–H groups in total. The van der Waals surface area contributed by atoms with Crippen LogP contribution in [0, 0.1) is 19.8 Å². The van der Waals surface area contributed by atoms with E-state index in [-0.39, 0.29) is 11.9 Å². The SMILES string of the molecule is Cc1cc(-c2noc(C(F)(F)F)n2)cc(C)c1OCCC(C)CCN1CCN(c2ccnc(N)c2)C1=O. The summed E-state index contributed by atoms with van der Waals surface area (Å²) in [5.41, 5.74) is 8.44. The number of carbonyl (C=O) groups is 1. The van der Waals surface area contributed by atoms with Gasteiger partial charge in [0.2, 0.25) is 5.82 Å². The van der Waals surface area contributed by atoms with E-state index in [4.69, 9.17) is 10.5 Å². The van der Waals surface area contributed by atoms with Crippen LogP contribution in [-0.2, 0) is 6.18 Å². The van der Waals surface area contributed by atoms with E-state index < -0.39 is 12.1 Å². The Morgan fingerprint density at radius 1 is 1.16 bits per heavy atom. The van der Waals surface area contributed by atoms with E-state index in [1.165, 1.54) is 0 Å². The second kappa shape index (κ2) is 10.7. The fraction of sp³-hybridized carbons (Fsp3) is 0.440. The van der Waals surface area contributed by atoms with Gasteiger partial charge in [0.25, 0.3) is 0 Å². The first kappa shape index (κ1) is 26.2. The molecule has 1 aromatic carbocycles. The molecule has 0 bridgehead atoms. The molecule has 0 aliphatic carbocycles. The smallest absolute Gasteiger partial charge is 0.471 e. The summed E-state index contributed by atoms with van der Waals surface area (Å²) in [6.45, 7) is 8.13. The molecule has 3 aromatic rings. The molecule has 0 spiro atoms. The largest absolute Gasteiger partial charge is 0.493 e. The standard InChI is InChI=1S/C25H29F3N6O3/c1-15(5-8-33-9-10-34(24(33)35)19-4-7-30-20(29)14-19)6-11-36-21-16(2)12-18(13-17(21)3)22-31-23(37-32-22)25(26,27)28/h4,7,12-15H,5-6,8-11H2,1-3H3,(H2,29,30). The minimum atomic E-state index is -4.69. The molecule has 2 aromatic heterocycles. The zero-order chi connectivity index (χ0) is 26.7. The van der Waals surface area contributed by atoms with Gasteiger partial charge in [0.1, 0.15) is 11.6 Å². The summed E-state index contributed by atoms with van der Waals surface area (Å²) in [6, 6.07) is 6.79. The lowest BCUT2D eigenvalue weighted by molar-refractivity contribution is -0.159. The van der Waals surface area contributed by atoms with E-state index in [9.17, 15) is 18.0 Å². The van der Waals surface area contributed by atoms with Crippen molar-refractivity contribution < 1.29 is 27.2 Å². The van der Waals surface area contributed by atoms with Gasteiger partial charge in [0, 0.05) is 37.5 Å². The number of carbonyl (C=O) groups excluding carboxylic acids is 1. The first-order valence-electron chi connectivity index (χ1n) is 12.0. The number of aryl methyl sites for hydroxylation is 2. The molecule has 12 heteroatoms. The average molecular weight is 519 g/mol. The zero-order valence-electron chi connectivity index (χ0n) is 20.9. The number of pyridine rings is 1. The average Bonchev–Trinajstić information content (AvgIpc) is 3.47. The molecule has 4 rings (SSSR count). The van der Waals surface area contributed by atoms with Gasteiger partial charge in [0.05, 0.1) is 12.3 Å². The van der Waals surface area contributed by atoms with E-state index in [2.05, 4.69) is 26.6 Å². The fourth-order valence-electron chi connectivity index (χ4n) is 4.28. The van der Waals surface area contributed by atoms with Gasteiger partial charge in [-0.05, 0) is 61.9 Å². The maximum atomic E-state index is 12.8. The molecule has 1 saturated heterocycles. The first-order valence-corrected chi connectivity index (χ1v) is 12.0. The molecule has 1 unspecified atom stereocenters. The number of nitrogen functional groups attached to an aromatic ring is 1.